The van der Waals surface area contributed by atoms with Gasteiger partial charge in [0.2, 0.25) is 0 Å². The van der Waals surface area contributed by atoms with Gasteiger partial charge in [-0.3, -0.25) is 0 Å². The number of hydrogen-bond acceptors (Lipinski definition) is 5. The molecular weight excluding hydrogens is 382 g/mol. The van der Waals surface area contributed by atoms with Crippen molar-refractivity contribution in [1.29, 1.82) is 0 Å². The average Bonchev–Trinajstić information content (AvgIpc) is 2.43. The summed E-state index contributed by atoms with van der Waals surface area (Å²) >= 11 is 0. The molecule has 0 saturated carbocycles. The van der Waals surface area contributed by atoms with E-state index in [1.165, 1.54) is 0 Å². The molecule has 3 rings (SSSR count). The van der Waals surface area contributed by atoms with Crippen LogP contribution in [0.2, 0.25) is 0 Å². The Morgan fingerprint density at radius 2 is 1.59 bits per heavy atom. The topological polar surface area (TPSA) is 116 Å². The van der Waals surface area contributed by atoms with Crippen LogP contribution in [-0.2, 0) is 28.8 Å². The molecule has 1 aliphatic rings. The van der Waals surface area contributed by atoms with Gasteiger partial charge in [-0.05, 0) is 17.7 Å². The van der Waals surface area contributed by atoms with Crippen LogP contribution in [0.1, 0.15) is 21.5 Å². The summed E-state index contributed by atoms with van der Waals surface area (Å²) in [6.07, 6.45) is -1.02. The van der Waals surface area contributed by atoms with Gasteiger partial charge in [0.15, 0.2) is 0 Å². The zero-order valence-corrected chi connectivity index (χ0v) is 12.7. The number of primary amides is 1. The number of ether oxygens (including phenoxy) is 1. The van der Waals surface area contributed by atoms with E-state index in [2.05, 4.69) is 5.73 Å². The van der Waals surface area contributed by atoms with Crippen LogP contribution in [-0.4, -0.2) is 12.1 Å². The minimum atomic E-state index is -1.58. The van der Waals surface area contributed by atoms with E-state index in [-0.39, 0.29) is 27.9 Å². The summed E-state index contributed by atoms with van der Waals surface area (Å²) in [5.74, 6) is 0.228. The van der Waals surface area contributed by atoms with Gasteiger partial charge in [-0.1, -0.05) is 30.3 Å². The van der Waals surface area contributed by atoms with E-state index in [0.29, 0.717) is 17.7 Å². The summed E-state index contributed by atoms with van der Waals surface area (Å²) < 4.78 is 5.68. The Morgan fingerprint density at radius 1 is 1.00 bits per heavy atom. The van der Waals surface area contributed by atoms with Crippen LogP contribution < -0.4 is 20.7 Å². The Morgan fingerprint density at radius 3 is 2.23 bits per heavy atom. The molecule has 0 bridgehead atoms. The van der Waals surface area contributed by atoms with Crippen molar-refractivity contribution in [2.45, 2.75) is 6.42 Å². The SMILES string of the molecule is NC(=O)[O-].O=C([O-])c1cccc2c1Cc1ccccc1O2.[Ag]. The molecule has 6 nitrogen and oxygen atoms in total. The van der Waals surface area contributed by atoms with Crippen molar-refractivity contribution in [2.24, 2.45) is 5.73 Å². The van der Waals surface area contributed by atoms with Gasteiger partial charge in [-0.15, -0.1) is 0 Å². The van der Waals surface area contributed by atoms with E-state index in [0.717, 1.165) is 11.3 Å². The summed E-state index contributed by atoms with van der Waals surface area (Å²) in [5, 5.41) is 19.7. The number of hydrogen-bond donors (Lipinski definition) is 1. The molecule has 0 atom stereocenters. The van der Waals surface area contributed by atoms with Crippen LogP contribution in [0.25, 0.3) is 0 Å². The van der Waals surface area contributed by atoms with Gasteiger partial charge in [0, 0.05) is 39.9 Å². The van der Waals surface area contributed by atoms with Crippen molar-refractivity contribution in [3.8, 4) is 11.5 Å². The van der Waals surface area contributed by atoms with E-state index in [1.807, 2.05) is 24.3 Å². The van der Waals surface area contributed by atoms with E-state index in [4.69, 9.17) is 14.6 Å². The summed E-state index contributed by atoms with van der Waals surface area (Å²) in [6.45, 7) is 0. The Kier molecular flexibility index (Phi) is 6.18. The third-order valence-electron chi connectivity index (χ3n) is 2.91. The first kappa shape index (κ1) is 17.8. The first-order valence-corrected chi connectivity index (χ1v) is 6.04. The standard InChI is InChI=1S/C14H10O3.CH3NO2.Ag/c15-14(16)10-5-3-7-13-11(10)8-9-4-1-2-6-12(9)17-13;2-1(3)4;/h1-7H,8H2,(H,15,16);2H2,(H,3,4);/p-2. The van der Waals surface area contributed by atoms with Crippen LogP contribution in [0.5, 0.6) is 11.5 Å². The summed E-state index contributed by atoms with van der Waals surface area (Å²) in [4.78, 5) is 19.7. The molecule has 0 saturated heterocycles. The third kappa shape index (κ3) is 4.11. The average molecular weight is 393 g/mol. The molecule has 2 aromatic carbocycles. The van der Waals surface area contributed by atoms with E-state index in [9.17, 15) is 9.90 Å². The Labute approximate surface area is 142 Å². The Bertz CT molecular complexity index is 698. The van der Waals surface area contributed by atoms with Crippen LogP contribution in [0, 0.1) is 0 Å². The summed E-state index contributed by atoms with van der Waals surface area (Å²) in [5.41, 5.74) is 5.80. The molecule has 2 aromatic rings. The maximum atomic E-state index is 11.0. The van der Waals surface area contributed by atoms with Gasteiger partial charge in [-0.25, -0.2) is 0 Å². The van der Waals surface area contributed by atoms with Crippen molar-refractivity contribution >= 4 is 12.1 Å². The number of amides is 1. The first-order valence-electron chi connectivity index (χ1n) is 6.04. The van der Waals surface area contributed by atoms with E-state index >= 15 is 0 Å². The van der Waals surface area contributed by atoms with Crippen LogP contribution in [0.15, 0.2) is 42.5 Å². The molecule has 1 amide bonds. The number of carboxylic acids is 1. The summed E-state index contributed by atoms with van der Waals surface area (Å²) in [7, 11) is 0. The van der Waals surface area contributed by atoms with Gasteiger partial charge in [0.1, 0.15) is 17.6 Å². The number of aromatic carboxylic acids is 1. The molecule has 0 aliphatic carbocycles. The third-order valence-corrected chi connectivity index (χ3v) is 2.91. The number of carboxylic acid groups (broad SMARTS) is 2. The number of benzene rings is 2. The number of carbonyl (C=O) groups is 2. The molecular formula is C15H11AgNO5-2. The van der Waals surface area contributed by atoms with Crippen LogP contribution >= 0.6 is 0 Å². The van der Waals surface area contributed by atoms with Gasteiger partial charge >= 0.3 is 0 Å². The number of para-hydroxylation sites is 1. The fraction of sp³-hybridized carbons (Fsp3) is 0.0667. The largest absolute Gasteiger partial charge is 0.545 e. The van der Waals surface area contributed by atoms with Crippen molar-refractivity contribution < 1.29 is 46.9 Å². The van der Waals surface area contributed by atoms with Crippen LogP contribution in [0.3, 0.4) is 0 Å². The van der Waals surface area contributed by atoms with Gasteiger partial charge in [-0.2, -0.15) is 0 Å². The quantitative estimate of drug-likeness (QED) is 0.586. The molecule has 1 heterocycles. The maximum Gasteiger partial charge on any atom is 0.131 e. The molecule has 2 N–H and O–H groups in total. The molecule has 0 fully saturated rings. The second-order valence-corrected chi connectivity index (χ2v) is 4.28. The van der Waals surface area contributed by atoms with Crippen LogP contribution in [0.4, 0.5) is 4.79 Å². The van der Waals surface area contributed by atoms with Crippen molar-refractivity contribution in [1.82, 2.24) is 0 Å². The number of nitrogens with two attached hydrogens (primary N) is 1. The molecule has 7 heteroatoms. The molecule has 119 valence electrons. The Hall–Kier alpha value is -2.28. The molecule has 0 unspecified atom stereocenters. The second kappa shape index (κ2) is 7.65. The van der Waals surface area contributed by atoms with E-state index < -0.39 is 12.1 Å². The molecule has 0 aromatic heterocycles. The number of fused-ring (bicyclic) bond motifs is 2. The van der Waals surface area contributed by atoms with Gasteiger partial charge in [0.25, 0.3) is 0 Å². The Balaban J connectivity index is 0.000000436. The number of rotatable bonds is 1. The molecule has 0 spiro atoms. The van der Waals surface area contributed by atoms with Gasteiger partial charge < -0.3 is 30.3 Å². The smallest absolute Gasteiger partial charge is 0.131 e. The second-order valence-electron chi connectivity index (χ2n) is 4.28. The molecule has 22 heavy (non-hydrogen) atoms. The fourth-order valence-corrected chi connectivity index (χ4v) is 2.09. The minimum absolute atomic E-state index is 0. The monoisotopic (exact) mass is 392 g/mol. The van der Waals surface area contributed by atoms with Crippen molar-refractivity contribution in [3.63, 3.8) is 0 Å². The van der Waals surface area contributed by atoms with Crippen molar-refractivity contribution in [3.05, 3.63) is 59.2 Å². The predicted octanol–water partition coefficient (Wildman–Crippen LogP) is 0.0325. The first-order chi connectivity index (χ1) is 9.99. The fourth-order valence-electron chi connectivity index (χ4n) is 2.09. The maximum absolute atomic E-state index is 11.0. The molecule has 1 aliphatic heterocycles. The van der Waals surface area contributed by atoms with E-state index in [1.54, 1.807) is 18.2 Å². The summed E-state index contributed by atoms with van der Waals surface area (Å²) in [6, 6.07) is 12.6. The number of carbonyl (C=O) groups excluding carboxylic acids is 2. The molecule has 1 radical (unpaired) electrons. The normalized spacial score (nSPS) is 10.5. The van der Waals surface area contributed by atoms with Crippen molar-refractivity contribution in [2.75, 3.05) is 0 Å². The predicted molar refractivity (Wildman–Crippen MR) is 69.7 cm³/mol. The van der Waals surface area contributed by atoms with Gasteiger partial charge in [0.05, 0.1) is 5.97 Å². The zero-order valence-electron chi connectivity index (χ0n) is 11.2. The zero-order chi connectivity index (χ0) is 15.4. The minimum Gasteiger partial charge on any atom is -0.545 e.